The molecule has 156 valence electrons. The fourth-order valence-corrected chi connectivity index (χ4v) is 3.45. The van der Waals surface area contributed by atoms with Gasteiger partial charge in [0.2, 0.25) is 0 Å². The second kappa shape index (κ2) is 11.7. The minimum Gasteiger partial charge on any atom is -0.466 e. The first kappa shape index (κ1) is 21.5. The highest BCUT2D eigenvalue weighted by Gasteiger charge is 2.32. The van der Waals surface area contributed by atoms with E-state index in [1.54, 1.807) is 0 Å². The van der Waals surface area contributed by atoms with Crippen LogP contribution in [0.25, 0.3) is 0 Å². The standard InChI is InChI=1S/C24H30O5/c1-2-27-23(25)17-22-16-21(28-24(29-22)20-12-7-4-8-13-20)14-9-15-26-18-19-10-5-3-6-11-19/h3-8,10-13,21-22,24H,2,9,14-18H2,1H3/t21-,22-,24-/m0/s1. The number of hydrogen-bond acceptors (Lipinski definition) is 5. The number of hydrogen-bond donors (Lipinski definition) is 0. The van der Waals surface area contributed by atoms with Crippen LogP contribution in [0.4, 0.5) is 0 Å². The highest BCUT2D eigenvalue weighted by atomic mass is 16.7. The van der Waals surface area contributed by atoms with Gasteiger partial charge in [-0.1, -0.05) is 60.7 Å². The van der Waals surface area contributed by atoms with Crippen LogP contribution >= 0.6 is 0 Å². The number of esters is 1. The Balaban J connectivity index is 1.49. The predicted molar refractivity (Wildman–Crippen MR) is 110 cm³/mol. The van der Waals surface area contributed by atoms with Crippen LogP contribution in [0.5, 0.6) is 0 Å². The van der Waals surface area contributed by atoms with Crippen LogP contribution in [0.2, 0.25) is 0 Å². The summed E-state index contributed by atoms with van der Waals surface area (Å²) in [6, 6.07) is 20.0. The van der Waals surface area contributed by atoms with Gasteiger partial charge in [-0.15, -0.1) is 0 Å². The predicted octanol–water partition coefficient (Wildman–Crippen LogP) is 4.81. The Kier molecular flexibility index (Phi) is 8.68. The number of carbonyl (C=O) groups excluding carboxylic acids is 1. The van der Waals surface area contributed by atoms with Crippen molar-refractivity contribution in [3.63, 3.8) is 0 Å². The maximum absolute atomic E-state index is 11.9. The van der Waals surface area contributed by atoms with E-state index in [1.165, 1.54) is 5.56 Å². The van der Waals surface area contributed by atoms with Crippen LogP contribution in [0, 0.1) is 0 Å². The average molecular weight is 398 g/mol. The summed E-state index contributed by atoms with van der Waals surface area (Å²) in [5.74, 6) is -0.226. The molecule has 5 nitrogen and oxygen atoms in total. The quantitative estimate of drug-likeness (QED) is 0.425. The molecule has 3 atom stereocenters. The number of rotatable bonds is 10. The molecule has 0 aromatic heterocycles. The molecule has 0 aliphatic carbocycles. The lowest BCUT2D eigenvalue weighted by molar-refractivity contribution is -0.250. The SMILES string of the molecule is CCOC(=O)C[C@@H]1C[C@H](CCCOCc2ccccc2)O[C@H](c2ccccc2)O1. The lowest BCUT2D eigenvalue weighted by atomic mass is 10.0. The van der Waals surface area contributed by atoms with Gasteiger partial charge in [-0.25, -0.2) is 0 Å². The van der Waals surface area contributed by atoms with E-state index in [2.05, 4.69) is 12.1 Å². The molecule has 0 N–H and O–H groups in total. The van der Waals surface area contributed by atoms with Crippen LogP contribution < -0.4 is 0 Å². The first-order valence-electron chi connectivity index (χ1n) is 10.4. The van der Waals surface area contributed by atoms with E-state index in [0.29, 0.717) is 26.2 Å². The molecule has 1 heterocycles. The van der Waals surface area contributed by atoms with Crippen molar-refractivity contribution in [3.8, 4) is 0 Å². The van der Waals surface area contributed by atoms with E-state index in [4.69, 9.17) is 18.9 Å². The van der Waals surface area contributed by atoms with Crippen LogP contribution in [0.15, 0.2) is 60.7 Å². The van der Waals surface area contributed by atoms with Crippen LogP contribution in [0.3, 0.4) is 0 Å². The summed E-state index contributed by atoms with van der Waals surface area (Å²) in [5.41, 5.74) is 2.14. The van der Waals surface area contributed by atoms with Gasteiger partial charge >= 0.3 is 5.97 Å². The smallest absolute Gasteiger partial charge is 0.308 e. The zero-order valence-corrected chi connectivity index (χ0v) is 17.0. The summed E-state index contributed by atoms with van der Waals surface area (Å²) >= 11 is 0. The first-order chi connectivity index (χ1) is 14.2. The van der Waals surface area contributed by atoms with Crippen molar-refractivity contribution in [2.75, 3.05) is 13.2 Å². The Labute approximate surface area is 172 Å². The van der Waals surface area contributed by atoms with Crippen LogP contribution in [-0.4, -0.2) is 31.4 Å². The van der Waals surface area contributed by atoms with Crippen molar-refractivity contribution in [1.29, 1.82) is 0 Å². The Morgan fingerprint density at radius 3 is 2.41 bits per heavy atom. The maximum Gasteiger partial charge on any atom is 0.308 e. The van der Waals surface area contributed by atoms with Crippen LogP contribution in [-0.2, 0) is 30.3 Å². The number of benzene rings is 2. The van der Waals surface area contributed by atoms with Gasteiger partial charge in [-0.2, -0.15) is 0 Å². The molecule has 3 rings (SSSR count). The molecule has 0 amide bonds. The largest absolute Gasteiger partial charge is 0.466 e. The molecule has 1 saturated heterocycles. The van der Waals surface area contributed by atoms with E-state index >= 15 is 0 Å². The van der Waals surface area contributed by atoms with Gasteiger partial charge in [0.15, 0.2) is 6.29 Å². The minimum absolute atomic E-state index is 0.0220. The fourth-order valence-electron chi connectivity index (χ4n) is 3.45. The van der Waals surface area contributed by atoms with Crippen molar-refractivity contribution in [3.05, 3.63) is 71.8 Å². The highest BCUT2D eigenvalue weighted by molar-refractivity contribution is 5.69. The van der Waals surface area contributed by atoms with E-state index in [0.717, 1.165) is 18.4 Å². The lowest BCUT2D eigenvalue weighted by Gasteiger charge is -2.35. The molecule has 29 heavy (non-hydrogen) atoms. The summed E-state index contributed by atoms with van der Waals surface area (Å²) in [6.45, 7) is 3.49. The molecule has 0 unspecified atom stereocenters. The van der Waals surface area contributed by atoms with Gasteiger partial charge in [0.1, 0.15) is 0 Å². The Hall–Kier alpha value is -2.21. The molecule has 1 fully saturated rings. The summed E-state index contributed by atoms with van der Waals surface area (Å²) < 4.78 is 23.1. The zero-order chi connectivity index (χ0) is 20.3. The zero-order valence-electron chi connectivity index (χ0n) is 17.0. The number of ether oxygens (including phenoxy) is 4. The Bertz CT molecular complexity index is 719. The molecule has 0 saturated carbocycles. The van der Waals surface area contributed by atoms with Crippen molar-refractivity contribution in [2.45, 2.75) is 57.7 Å². The highest BCUT2D eigenvalue weighted by Crippen LogP contribution is 2.32. The number of carbonyl (C=O) groups is 1. The lowest BCUT2D eigenvalue weighted by Crippen LogP contribution is -2.35. The summed E-state index contributed by atoms with van der Waals surface area (Å²) in [4.78, 5) is 11.9. The molecule has 0 bridgehead atoms. The van der Waals surface area contributed by atoms with Gasteiger partial charge in [0, 0.05) is 18.6 Å². The van der Waals surface area contributed by atoms with Gasteiger partial charge in [0.25, 0.3) is 0 Å². The van der Waals surface area contributed by atoms with Crippen molar-refractivity contribution < 1.29 is 23.7 Å². The molecule has 2 aromatic carbocycles. The molecule has 0 spiro atoms. The van der Waals surface area contributed by atoms with Crippen molar-refractivity contribution in [2.24, 2.45) is 0 Å². The van der Waals surface area contributed by atoms with Crippen molar-refractivity contribution in [1.82, 2.24) is 0 Å². The second-order valence-electron chi connectivity index (χ2n) is 7.18. The third-order valence-electron chi connectivity index (χ3n) is 4.86. The molecule has 1 aliphatic heterocycles. The third kappa shape index (κ3) is 7.28. The van der Waals surface area contributed by atoms with Crippen LogP contribution in [0.1, 0.15) is 50.0 Å². The molecule has 0 radical (unpaired) electrons. The second-order valence-corrected chi connectivity index (χ2v) is 7.18. The third-order valence-corrected chi connectivity index (χ3v) is 4.86. The van der Waals surface area contributed by atoms with Gasteiger partial charge in [-0.05, 0) is 25.3 Å². The Morgan fingerprint density at radius 1 is 1.00 bits per heavy atom. The Morgan fingerprint density at radius 2 is 1.69 bits per heavy atom. The van der Waals surface area contributed by atoms with Gasteiger partial charge in [0.05, 0.1) is 31.8 Å². The fraction of sp³-hybridized carbons (Fsp3) is 0.458. The average Bonchev–Trinajstić information content (AvgIpc) is 2.75. The monoisotopic (exact) mass is 398 g/mol. The van der Waals surface area contributed by atoms with Gasteiger partial charge < -0.3 is 18.9 Å². The van der Waals surface area contributed by atoms with E-state index in [9.17, 15) is 4.79 Å². The molecule has 2 aromatic rings. The van der Waals surface area contributed by atoms with Crippen molar-refractivity contribution >= 4 is 5.97 Å². The molecular weight excluding hydrogens is 368 g/mol. The molecule has 1 aliphatic rings. The summed E-state index contributed by atoms with van der Waals surface area (Å²) in [6.07, 6.45) is 2.05. The maximum atomic E-state index is 11.9. The normalized spacial score (nSPS) is 21.6. The van der Waals surface area contributed by atoms with E-state index < -0.39 is 6.29 Å². The summed E-state index contributed by atoms with van der Waals surface area (Å²) in [5, 5.41) is 0. The summed E-state index contributed by atoms with van der Waals surface area (Å²) in [7, 11) is 0. The van der Waals surface area contributed by atoms with Gasteiger partial charge in [-0.3, -0.25) is 4.79 Å². The minimum atomic E-state index is -0.459. The van der Waals surface area contributed by atoms with E-state index in [-0.39, 0.29) is 24.6 Å². The molecule has 5 heteroatoms. The molecular formula is C24H30O5. The topological polar surface area (TPSA) is 54.0 Å². The van der Waals surface area contributed by atoms with E-state index in [1.807, 2.05) is 55.5 Å². The first-order valence-corrected chi connectivity index (χ1v) is 10.4.